The Hall–Kier alpha value is -3.13. The van der Waals surface area contributed by atoms with Gasteiger partial charge in [-0.1, -0.05) is 12.1 Å². The highest BCUT2D eigenvalue weighted by molar-refractivity contribution is 6.03. The van der Waals surface area contributed by atoms with Crippen molar-refractivity contribution in [2.45, 2.75) is 6.18 Å². The SMILES string of the molecule is CN(C)CCOc1nc2ccccc2c2oc(-c3ccc(C(F)(F)F)cc3)nc12. The topological polar surface area (TPSA) is 51.4 Å². The molecule has 5 nitrogen and oxygen atoms in total. The van der Waals surface area contributed by atoms with Gasteiger partial charge in [-0.05, 0) is 50.5 Å². The molecule has 2 aromatic carbocycles. The minimum absolute atomic E-state index is 0.212. The fourth-order valence-electron chi connectivity index (χ4n) is 2.92. The molecular formula is C21H18F3N3O2. The number of halogens is 3. The summed E-state index contributed by atoms with van der Waals surface area (Å²) in [5.74, 6) is 0.548. The number of hydrogen-bond donors (Lipinski definition) is 0. The van der Waals surface area contributed by atoms with Crippen LogP contribution in [0.25, 0.3) is 33.5 Å². The van der Waals surface area contributed by atoms with Gasteiger partial charge in [0, 0.05) is 17.5 Å². The lowest BCUT2D eigenvalue weighted by Gasteiger charge is -2.11. The van der Waals surface area contributed by atoms with E-state index >= 15 is 0 Å². The second-order valence-corrected chi connectivity index (χ2v) is 6.86. The van der Waals surface area contributed by atoms with E-state index in [2.05, 4.69) is 9.97 Å². The first kappa shape index (κ1) is 19.2. The van der Waals surface area contributed by atoms with Crippen LogP contribution >= 0.6 is 0 Å². The summed E-state index contributed by atoms with van der Waals surface area (Å²) in [5.41, 5.74) is 1.34. The molecule has 0 aliphatic carbocycles. The minimum Gasteiger partial charge on any atom is -0.475 e. The number of oxazole rings is 1. The molecule has 0 aliphatic rings. The molecule has 0 amide bonds. The molecule has 29 heavy (non-hydrogen) atoms. The second-order valence-electron chi connectivity index (χ2n) is 6.86. The van der Waals surface area contributed by atoms with Crippen LogP contribution in [-0.2, 0) is 6.18 Å². The number of para-hydroxylation sites is 1. The first-order valence-corrected chi connectivity index (χ1v) is 8.97. The predicted molar refractivity (Wildman–Crippen MR) is 104 cm³/mol. The third-order valence-electron chi connectivity index (χ3n) is 4.44. The molecule has 4 aromatic rings. The number of pyridine rings is 1. The molecule has 0 atom stereocenters. The highest BCUT2D eigenvalue weighted by Crippen LogP contribution is 2.35. The van der Waals surface area contributed by atoms with Gasteiger partial charge in [-0.15, -0.1) is 0 Å². The quantitative estimate of drug-likeness (QED) is 0.471. The van der Waals surface area contributed by atoms with Crippen LogP contribution in [-0.4, -0.2) is 42.1 Å². The molecule has 0 bridgehead atoms. The molecule has 0 saturated heterocycles. The Kier molecular flexibility index (Phi) is 4.87. The Morgan fingerprint density at radius 3 is 2.41 bits per heavy atom. The number of alkyl halides is 3. The van der Waals surface area contributed by atoms with Crippen molar-refractivity contribution in [3.05, 3.63) is 54.1 Å². The molecule has 0 radical (unpaired) electrons. The van der Waals surface area contributed by atoms with Crippen molar-refractivity contribution in [2.24, 2.45) is 0 Å². The number of fused-ring (bicyclic) bond motifs is 3. The summed E-state index contributed by atoms with van der Waals surface area (Å²) in [4.78, 5) is 11.0. The maximum Gasteiger partial charge on any atom is 0.416 e. The largest absolute Gasteiger partial charge is 0.475 e. The Balaban J connectivity index is 1.79. The van der Waals surface area contributed by atoms with Gasteiger partial charge in [0.25, 0.3) is 0 Å². The summed E-state index contributed by atoms with van der Waals surface area (Å²) in [6, 6.07) is 12.1. The van der Waals surface area contributed by atoms with Crippen molar-refractivity contribution in [3.8, 4) is 17.3 Å². The fourth-order valence-corrected chi connectivity index (χ4v) is 2.92. The van der Waals surface area contributed by atoms with Gasteiger partial charge in [0.15, 0.2) is 11.1 Å². The Morgan fingerprint density at radius 1 is 1.00 bits per heavy atom. The average Bonchev–Trinajstić information content (AvgIpc) is 3.13. The molecule has 4 rings (SSSR count). The van der Waals surface area contributed by atoms with Crippen LogP contribution in [0.5, 0.6) is 5.88 Å². The first-order valence-electron chi connectivity index (χ1n) is 8.97. The average molecular weight is 401 g/mol. The lowest BCUT2D eigenvalue weighted by atomic mass is 10.1. The summed E-state index contributed by atoms with van der Waals surface area (Å²) in [6.07, 6.45) is -4.40. The number of benzene rings is 2. The van der Waals surface area contributed by atoms with Gasteiger partial charge in [0.2, 0.25) is 11.8 Å². The lowest BCUT2D eigenvalue weighted by molar-refractivity contribution is -0.137. The molecule has 0 fully saturated rings. The Bertz CT molecular complexity index is 1150. The third-order valence-corrected chi connectivity index (χ3v) is 4.44. The molecule has 2 aromatic heterocycles. The monoisotopic (exact) mass is 401 g/mol. The summed E-state index contributed by atoms with van der Waals surface area (Å²) >= 11 is 0. The van der Waals surface area contributed by atoms with Crippen LogP contribution in [0.2, 0.25) is 0 Å². The van der Waals surface area contributed by atoms with E-state index in [0.717, 1.165) is 17.5 Å². The van der Waals surface area contributed by atoms with Crippen molar-refractivity contribution < 1.29 is 22.3 Å². The number of likely N-dealkylation sites (N-methyl/N-ethyl adjacent to an activating group) is 1. The lowest BCUT2D eigenvalue weighted by Crippen LogP contribution is -2.19. The number of aromatic nitrogens is 2. The first-order chi connectivity index (χ1) is 13.8. The van der Waals surface area contributed by atoms with E-state index in [1.165, 1.54) is 12.1 Å². The van der Waals surface area contributed by atoms with Gasteiger partial charge in [0.05, 0.1) is 11.1 Å². The molecule has 0 aliphatic heterocycles. The van der Waals surface area contributed by atoms with Crippen molar-refractivity contribution >= 4 is 22.0 Å². The Morgan fingerprint density at radius 2 is 1.72 bits per heavy atom. The third kappa shape index (κ3) is 3.88. The summed E-state index contributed by atoms with van der Waals surface area (Å²) < 4.78 is 50.2. The van der Waals surface area contributed by atoms with Crippen molar-refractivity contribution in [1.82, 2.24) is 14.9 Å². The zero-order chi connectivity index (χ0) is 20.6. The number of hydrogen-bond acceptors (Lipinski definition) is 5. The van der Waals surface area contributed by atoms with Crippen LogP contribution < -0.4 is 4.74 Å². The van der Waals surface area contributed by atoms with Gasteiger partial charge < -0.3 is 14.1 Å². The molecular weight excluding hydrogens is 383 g/mol. The fraction of sp³-hybridized carbons (Fsp3) is 0.238. The highest BCUT2D eigenvalue weighted by Gasteiger charge is 2.30. The smallest absolute Gasteiger partial charge is 0.416 e. The van der Waals surface area contributed by atoms with Crippen molar-refractivity contribution in [3.63, 3.8) is 0 Å². The maximum absolute atomic E-state index is 12.8. The van der Waals surface area contributed by atoms with E-state index in [1.807, 2.05) is 43.3 Å². The summed E-state index contributed by atoms with van der Waals surface area (Å²) in [6.45, 7) is 1.11. The predicted octanol–water partition coefficient (Wildman–Crippen LogP) is 5.00. The van der Waals surface area contributed by atoms with Crippen LogP contribution in [0.3, 0.4) is 0 Å². The zero-order valence-corrected chi connectivity index (χ0v) is 15.8. The van der Waals surface area contributed by atoms with Crippen molar-refractivity contribution in [2.75, 3.05) is 27.2 Å². The number of rotatable bonds is 5. The molecule has 0 spiro atoms. The molecule has 8 heteroatoms. The normalized spacial score (nSPS) is 12.2. The van der Waals surface area contributed by atoms with Crippen molar-refractivity contribution in [1.29, 1.82) is 0 Å². The highest BCUT2D eigenvalue weighted by atomic mass is 19.4. The van der Waals surface area contributed by atoms with Gasteiger partial charge in [0.1, 0.15) is 6.61 Å². The molecule has 150 valence electrons. The number of nitrogens with zero attached hydrogens (tertiary/aromatic N) is 3. The van der Waals surface area contributed by atoms with Crippen LogP contribution in [0, 0.1) is 0 Å². The molecule has 0 unspecified atom stereocenters. The van der Waals surface area contributed by atoms with E-state index in [9.17, 15) is 13.2 Å². The van der Waals surface area contributed by atoms with Gasteiger partial charge in [-0.25, -0.2) is 9.97 Å². The van der Waals surface area contributed by atoms with Gasteiger partial charge >= 0.3 is 6.18 Å². The zero-order valence-electron chi connectivity index (χ0n) is 15.8. The molecule has 2 heterocycles. The molecule has 0 saturated carbocycles. The second kappa shape index (κ2) is 7.36. The van der Waals surface area contributed by atoms with E-state index in [0.29, 0.717) is 41.2 Å². The molecule has 0 N–H and O–H groups in total. The summed E-state index contributed by atoms with van der Waals surface area (Å²) in [5, 5.41) is 0.758. The van der Waals surface area contributed by atoms with Gasteiger partial charge in [-0.3, -0.25) is 0 Å². The van der Waals surface area contributed by atoms with E-state index in [-0.39, 0.29) is 5.89 Å². The number of ether oxygens (including phenoxy) is 1. The van der Waals surface area contributed by atoms with Crippen LogP contribution in [0.1, 0.15) is 5.56 Å². The van der Waals surface area contributed by atoms with E-state index in [4.69, 9.17) is 9.15 Å². The maximum atomic E-state index is 12.8. The van der Waals surface area contributed by atoms with Crippen LogP contribution in [0.15, 0.2) is 52.9 Å². The van der Waals surface area contributed by atoms with E-state index < -0.39 is 11.7 Å². The van der Waals surface area contributed by atoms with Gasteiger partial charge in [-0.2, -0.15) is 13.2 Å². The standard InChI is InChI=1S/C21H18F3N3O2/c1-27(2)11-12-28-20-17-18(15-5-3-4-6-16(15)25-20)29-19(26-17)13-7-9-14(10-8-13)21(22,23)24/h3-10H,11-12H2,1-2H3. The van der Waals surface area contributed by atoms with E-state index in [1.54, 1.807) is 0 Å². The summed E-state index contributed by atoms with van der Waals surface area (Å²) in [7, 11) is 3.87. The Labute approximate surface area is 164 Å². The van der Waals surface area contributed by atoms with Crippen LogP contribution in [0.4, 0.5) is 13.2 Å². The minimum atomic E-state index is -4.40.